The summed E-state index contributed by atoms with van der Waals surface area (Å²) >= 11 is 0. The largest absolute Gasteiger partial charge is 0.375 e. The number of hydrogen-bond acceptors (Lipinski definition) is 5. The molecule has 0 spiro atoms. The lowest BCUT2D eigenvalue weighted by Crippen LogP contribution is -2.39. The summed E-state index contributed by atoms with van der Waals surface area (Å²) in [6.07, 6.45) is -0.555. The molecular formula is C21H25FN2O5S. The van der Waals surface area contributed by atoms with Crippen molar-refractivity contribution < 1.29 is 27.1 Å². The van der Waals surface area contributed by atoms with Crippen LogP contribution in [0.3, 0.4) is 0 Å². The van der Waals surface area contributed by atoms with E-state index < -0.39 is 22.2 Å². The van der Waals surface area contributed by atoms with Crippen LogP contribution in [0.1, 0.15) is 42.3 Å². The van der Waals surface area contributed by atoms with Crippen molar-refractivity contribution in [3.63, 3.8) is 0 Å². The molecule has 0 heterocycles. The zero-order chi connectivity index (χ0) is 22.3. The highest BCUT2D eigenvalue weighted by Crippen LogP contribution is 2.21. The molecule has 0 fully saturated rings. The van der Waals surface area contributed by atoms with Gasteiger partial charge in [-0.25, -0.2) is 17.5 Å². The van der Waals surface area contributed by atoms with Gasteiger partial charge in [0.15, 0.2) is 5.78 Å². The fraction of sp³-hybridized carbons (Fsp3) is 0.333. The normalized spacial score (nSPS) is 13.5. The second kappa shape index (κ2) is 10.4. The van der Waals surface area contributed by atoms with Gasteiger partial charge in [-0.1, -0.05) is 24.3 Å². The maximum Gasteiger partial charge on any atom is 0.240 e. The van der Waals surface area contributed by atoms with Gasteiger partial charge in [-0.3, -0.25) is 9.59 Å². The molecule has 0 radical (unpaired) electrons. The average molecular weight is 437 g/mol. The van der Waals surface area contributed by atoms with Crippen molar-refractivity contribution in [2.45, 2.75) is 37.3 Å². The fourth-order valence-corrected chi connectivity index (χ4v) is 3.97. The minimum Gasteiger partial charge on any atom is -0.375 e. The van der Waals surface area contributed by atoms with Gasteiger partial charge in [-0.2, -0.15) is 0 Å². The Hall–Kier alpha value is -2.62. The van der Waals surface area contributed by atoms with E-state index in [9.17, 15) is 22.4 Å². The molecule has 1 amide bonds. The van der Waals surface area contributed by atoms with Crippen molar-refractivity contribution in [3.05, 3.63) is 65.5 Å². The van der Waals surface area contributed by atoms with Crippen molar-refractivity contribution in [2.75, 3.05) is 13.7 Å². The maximum absolute atomic E-state index is 13.1. The molecule has 0 aromatic heterocycles. The number of methoxy groups -OCH3 is 1. The molecule has 2 atom stereocenters. The number of nitrogens with one attached hydrogen (secondary N) is 2. The zero-order valence-electron chi connectivity index (χ0n) is 17.0. The highest BCUT2D eigenvalue weighted by Gasteiger charge is 2.21. The lowest BCUT2D eigenvalue weighted by Gasteiger charge is -2.24. The van der Waals surface area contributed by atoms with Gasteiger partial charge >= 0.3 is 0 Å². The van der Waals surface area contributed by atoms with Crippen LogP contribution in [0.5, 0.6) is 0 Å². The first kappa shape index (κ1) is 23.7. The van der Waals surface area contributed by atoms with Gasteiger partial charge < -0.3 is 10.1 Å². The van der Waals surface area contributed by atoms with E-state index in [2.05, 4.69) is 10.0 Å². The predicted molar refractivity (Wildman–Crippen MR) is 110 cm³/mol. The molecule has 0 unspecified atom stereocenters. The number of ether oxygens (including phenoxy) is 1. The van der Waals surface area contributed by atoms with Gasteiger partial charge in [-0.15, -0.1) is 0 Å². The Balaban J connectivity index is 1.88. The minimum atomic E-state index is -3.80. The number of amides is 1. The first-order valence-corrected chi connectivity index (χ1v) is 10.8. The van der Waals surface area contributed by atoms with E-state index in [1.54, 1.807) is 19.1 Å². The Morgan fingerprint density at radius 1 is 1.07 bits per heavy atom. The highest BCUT2D eigenvalue weighted by molar-refractivity contribution is 7.89. The van der Waals surface area contributed by atoms with E-state index in [0.29, 0.717) is 11.1 Å². The summed E-state index contributed by atoms with van der Waals surface area (Å²) in [5, 5.41) is 2.76. The lowest BCUT2D eigenvalue weighted by molar-refractivity contribution is -0.122. The van der Waals surface area contributed by atoms with Gasteiger partial charge in [0.1, 0.15) is 11.9 Å². The van der Waals surface area contributed by atoms with Crippen LogP contribution in [0.15, 0.2) is 53.4 Å². The number of ketones is 1. The molecule has 0 saturated heterocycles. The van der Waals surface area contributed by atoms with Gasteiger partial charge in [-0.05, 0) is 43.7 Å². The summed E-state index contributed by atoms with van der Waals surface area (Å²) in [6.45, 7) is 3.05. The topological polar surface area (TPSA) is 102 Å². The standard InChI is InChI=1S/C21H25FN2O5S/c1-14(21(29-3)17-4-8-18(22)9-5-17)24-20(26)12-13-23-30(27,28)19-10-6-16(7-11-19)15(2)25/h4-11,14,21,23H,12-13H2,1-3H3,(H,24,26)/t14-,21-/m1/s1. The molecule has 162 valence electrons. The Kier molecular flexibility index (Phi) is 8.22. The predicted octanol–water partition coefficient (Wildman–Crippen LogP) is 2.59. The van der Waals surface area contributed by atoms with Crippen LogP contribution in [0.25, 0.3) is 0 Å². The van der Waals surface area contributed by atoms with Gasteiger partial charge in [0.05, 0.1) is 10.9 Å². The van der Waals surface area contributed by atoms with Crippen molar-refractivity contribution in [1.82, 2.24) is 10.0 Å². The first-order chi connectivity index (χ1) is 14.1. The van der Waals surface area contributed by atoms with E-state index in [1.165, 1.54) is 50.4 Å². The van der Waals surface area contributed by atoms with Crippen LogP contribution in [0.2, 0.25) is 0 Å². The fourth-order valence-electron chi connectivity index (χ4n) is 2.93. The number of benzene rings is 2. The number of carbonyl (C=O) groups excluding carboxylic acids is 2. The second-order valence-electron chi connectivity index (χ2n) is 6.79. The molecular weight excluding hydrogens is 411 g/mol. The Labute approximate surface area is 175 Å². The SMILES string of the molecule is CO[C@@H](c1ccc(F)cc1)[C@@H](C)NC(=O)CCNS(=O)(=O)c1ccc(C(C)=O)cc1. The van der Waals surface area contributed by atoms with E-state index in [-0.39, 0.29) is 35.4 Å². The number of Topliss-reactive ketones (excluding diaryl/α,β-unsaturated/α-hetero) is 1. The molecule has 2 rings (SSSR count). The van der Waals surface area contributed by atoms with E-state index in [1.807, 2.05) is 0 Å². The third-order valence-corrected chi connectivity index (χ3v) is 5.99. The van der Waals surface area contributed by atoms with Gasteiger partial charge in [0, 0.05) is 25.6 Å². The van der Waals surface area contributed by atoms with E-state index in [0.717, 1.165) is 0 Å². The third-order valence-electron chi connectivity index (χ3n) is 4.51. The van der Waals surface area contributed by atoms with E-state index >= 15 is 0 Å². The van der Waals surface area contributed by atoms with Crippen LogP contribution < -0.4 is 10.0 Å². The van der Waals surface area contributed by atoms with Crippen molar-refractivity contribution in [2.24, 2.45) is 0 Å². The number of halogens is 1. The summed E-state index contributed by atoms with van der Waals surface area (Å²) in [6, 6.07) is 10.9. The molecule has 9 heteroatoms. The summed E-state index contributed by atoms with van der Waals surface area (Å²) in [5.41, 5.74) is 1.12. The van der Waals surface area contributed by atoms with Crippen LogP contribution in [0, 0.1) is 5.82 Å². The first-order valence-electron chi connectivity index (χ1n) is 9.32. The number of sulfonamides is 1. The lowest BCUT2D eigenvalue weighted by atomic mass is 10.0. The zero-order valence-corrected chi connectivity index (χ0v) is 17.8. The molecule has 7 nitrogen and oxygen atoms in total. The minimum absolute atomic E-state index is 0.0111. The summed E-state index contributed by atoms with van der Waals surface area (Å²) in [5.74, 6) is -0.887. The van der Waals surface area contributed by atoms with Crippen molar-refractivity contribution in [1.29, 1.82) is 0 Å². The summed E-state index contributed by atoms with van der Waals surface area (Å²) < 4.78 is 45.5. The molecule has 0 aliphatic rings. The molecule has 0 aliphatic carbocycles. The monoisotopic (exact) mass is 436 g/mol. The Bertz CT molecular complexity index is 975. The molecule has 30 heavy (non-hydrogen) atoms. The highest BCUT2D eigenvalue weighted by atomic mass is 32.2. The van der Waals surface area contributed by atoms with Crippen LogP contribution in [-0.4, -0.2) is 39.8 Å². The quantitative estimate of drug-likeness (QED) is 0.558. The maximum atomic E-state index is 13.1. The Morgan fingerprint density at radius 2 is 1.67 bits per heavy atom. The molecule has 0 bridgehead atoms. The second-order valence-corrected chi connectivity index (χ2v) is 8.56. The average Bonchev–Trinajstić information content (AvgIpc) is 2.69. The van der Waals surface area contributed by atoms with Crippen LogP contribution in [0.4, 0.5) is 4.39 Å². The summed E-state index contributed by atoms with van der Waals surface area (Å²) in [7, 11) is -2.31. The number of rotatable bonds is 10. The van der Waals surface area contributed by atoms with Crippen LogP contribution in [-0.2, 0) is 19.6 Å². The summed E-state index contributed by atoms with van der Waals surface area (Å²) in [4.78, 5) is 23.5. The molecule has 2 aromatic carbocycles. The van der Waals surface area contributed by atoms with Gasteiger partial charge in [0.2, 0.25) is 15.9 Å². The molecule has 0 aliphatic heterocycles. The van der Waals surface area contributed by atoms with E-state index in [4.69, 9.17) is 4.74 Å². The van der Waals surface area contributed by atoms with Crippen LogP contribution >= 0.6 is 0 Å². The molecule has 0 saturated carbocycles. The van der Waals surface area contributed by atoms with Crippen molar-refractivity contribution in [3.8, 4) is 0 Å². The smallest absolute Gasteiger partial charge is 0.240 e. The molecule has 2 N–H and O–H groups in total. The van der Waals surface area contributed by atoms with Crippen molar-refractivity contribution >= 4 is 21.7 Å². The number of carbonyl (C=O) groups is 2. The third kappa shape index (κ3) is 6.45. The van der Waals surface area contributed by atoms with Gasteiger partial charge in [0.25, 0.3) is 0 Å². The molecule has 2 aromatic rings. The number of hydrogen-bond donors (Lipinski definition) is 2. The Morgan fingerprint density at radius 3 is 2.20 bits per heavy atom.